The van der Waals surface area contributed by atoms with Crippen molar-refractivity contribution in [3.8, 4) is 0 Å². The van der Waals surface area contributed by atoms with E-state index in [1.54, 1.807) is 0 Å². The Morgan fingerprint density at radius 3 is 1.92 bits per heavy atom. The molecule has 0 heterocycles. The van der Waals surface area contributed by atoms with Gasteiger partial charge in [-0.25, -0.2) is 0 Å². The number of anilines is 1. The first-order valence-electron chi connectivity index (χ1n) is 7.84. The molecule has 1 N–H and O–H groups in total. The minimum absolute atomic E-state index is 0.0836. The van der Waals surface area contributed by atoms with Crippen LogP contribution in [0, 0.1) is 0 Å². The lowest BCUT2D eigenvalue weighted by atomic mass is 10.1. The molecule has 0 aliphatic rings. The van der Waals surface area contributed by atoms with Crippen LogP contribution < -0.4 is 5.32 Å². The highest BCUT2D eigenvalue weighted by atomic mass is 16.1. The van der Waals surface area contributed by atoms with Gasteiger partial charge < -0.3 is 5.32 Å². The summed E-state index contributed by atoms with van der Waals surface area (Å²) in [5.41, 5.74) is 3.32. The van der Waals surface area contributed by atoms with Crippen molar-refractivity contribution in [2.75, 3.05) is 5.32 Å². The minimum atomic E-state index is -0.0836. The Labute approximate surface area is 141 Å². The summed E-state index contributed by atoms with van der Waals surface area (Å²) in [5, 5.41) is 2.91. The number of nitrogens with one attached hydrogen (secondary N) is 1. The molecule has 0 spiro atoms. The molecule has 3 nitrogen and oxygen atoms in total. The Bertz CT molecular complexity index is 812. The maximum Gasteiger partial charge on any atom is 0.230 e. The first kappa shape index (κ1) is 15.7. The number of amides is 1. The number of hydrogen-bond acceptors (Lipinski definition) is 2. The molecule has 0 aliphatic heterocycles. The zero-order chi connectivity index (χ0) is 16.6. The van der Waals surface area contributed by atoms with Crippen molar-refractivity contribution in [1.82, 2.24) is 0 Å². The lowest BCUT2D eigenvalue weighted by molar-refractivity contribution is -0.115. The Balaban J connectivity index is 1.83. The van der Waals surface area contributed by atoms with Gasteiger partial charge in [-0.1, -0.05) is 66.7 Å². The van der Waals surface area contributed by atoms with E-state index in [1.807, 2.05) is 91.0 Å². The van der Waals surface area contributed by atoms with Crippen LogP contribution in [-0.4, -0.2) is 11.6 Å². The maximum atomic E-state index is 12.4. The largest absolute Gasteiger partial charge is 0.326 e. The molecule has 0 unspecified atom stereocenters. The summed E-state index contributed by atoms with van der Waals surface area (Å²) in [7, 11) is 0. The highest BCUT2D eigenvalue weighted by molar-refractivity contribution is 6.14. The molecule has 3 rings (SSSR count). The van der Waals surface area contributed by atoms with E-state index in [9.17, 15) is 4.79 Å². The van der Waals surface area contributed by atoms with Crippen molar-refractivity contribution < 1.29 is 4.79 Å². The number of carbonyl (C=O) groups excluding carboxylic acids is 1. The van der Waals surface area contributed by atoms with E-state index in [2.05, 4.69) is 10.3 Å². The standard InChI is InChI=1S/C21H18N2O/c24-21(23-19-14-8-3-9-15-19)16-20(17-10-4-1-5-11-17)22-18-12-6-2-7-13-18/h1-15H,16H2,(H,23,24)/b22-20+. The molecule has 3 heteroatoms. The summed E-state index contributed by atoms with van der Waals surface area (Å²) >= 11 is 0. The molecule has 118 valence electrons. The Hall–Kier alpha value is -3.20. The van der Waals surface area contributed by atoms with Crippen LogP contribution in [0.3, 0.4) is 0 Å². The topological polar surface area (TPSA) is 41.5 Å². The minimum Gasteiger partial charge on any atom is -0.326 e. The van der Waals surface area contributed by atoms with Gasteiger partial charge in [0, 0.05) is 5.69 Å². The number of rotatable bonds is 5. The molecule has 0 fully saturated rings. The van der Waals surface area contributed by atoms with Crippen LogP contribution in [0.1, 0.15) is 12.0 Å². The van der Waals surface area contributed by atoms with E-state index >= 15 is 0 Å². The van der Waals surface area contributed by atoms with Crippen LogP contribution in [0.2, 0.25) is 0 Å². The molecule has 24 heavy (non-hydrogen) atoms. The van der Waals surface area contributed by atoms with Crippen LogP contribution in [0.25, 0.3) is 0 Å². The molecule has 3 aromatic rings. The lowest BCUT2D eigenvalue weighted by Crippen LogP contribution is -2.17. The van der Waals surface area contributed by atoms with E-state index in [0.29, 0.717) is 0 Å². The zero-order valence-corrected chi connectivity index (χ0v) is 13.2. The van der Waals surface area contributed by atoms with Crippen LogP contribution in [0.15, 0.2) is 96.0 Å². The molecule has 0 saturated carbocycles. The third-order valence-electron chi connectivity index (χ3n) is 3.51. The molecule has 0 saturated heterocycles. The van der Waals surface area contributed by atoms with E-state index in [4.69, 9.17) is 0 Å². The van der Waals surface area contributed by atoms with Gasteiger partial charge in [0.05, 0.1) is 17.8 Å². The quantitative estimate of drug-likeness (QED) is 0.673. The lowest BCUT2D eigenvalue weighted by Gasteiger charge is -2.09. The Morgan fingerprint density at radius 1 is 0.750 bits per heavy atom. The summed E-state index contributed by atoms with van der Waals surface area (Å²) in [6.45, 7) is 0. The zero-order valence-electron chi connectivity index (χ0n) is 13.2. The highest BCUT2D eigenvalue weighted by Crippen LogP contribution is 2.16. The van der Waals surface area contributed by atoms with E-state index in [-0.39, 0.29) is 12.3 Å². The summed E-state index contributed by atoms with van der Waals surface area (Å²) in [6.07, 6.45) is 0.216. The number of hydrogen-bond donors (Lipinski definition) is 1. The molecule has 1 amide bonds. The van der Waals surface area contributed by atoms with Crippen molar-refractivity contribution >= 4 is 23.0 Å². The summed E-state index contributed by atoms with van der Waals surface area (Å²) in [6, 6.07) is 28.9. The molecule has 0 aromatic heterocycles. The van der Waals surface area contributed by atoms with Crippen molar-refractivity contribution in [1.29, 1.82) is 0 Å². The fraction of sp³-hybridized carbons (Fsp3) is 0.0476. The molecule has 3 aromatic carbocycles. The van der Waals surface area contributed by atoms with Gasteiger partial charge in [0.15, 0.2) is 0 Å². The third-order valence-corrected chi connectivity index (χ3v) is 3.51. The monoisotopic (exact) mass is 314 g/mol. The van der Waals surface area contributed by atoms with Crippen molar-refractivity contribution in [3.63, 3.8) is 0 Å². The summed E-state index contributed by atoms with van der Waals surface area (Å²) in [5.74, 6) is -0.0836. The van der Waals surface area contributed by atoms with E-state index in [1.165, 1.54) is 0 Å². The third kappa shape index (κ3) is 4.40. The first-order chi connectivity index (χ1) is 11.8. The number of benzene rings is 3. The molecular weight excluding hydrogens is 296 g/mol. The average Bonchev–Trinajstić information content (AvgIpc) is 2.63. The Morgan fingerprint density at radius 2 is 1.29 bits per heavy atom. The van der Waals surface area contributed by atoms with Crippen molar-refractivity contribution in [3.05, 3.63) is 96.6 Å². The average molecular weight is 314 g/mol. The number of carbonyl (C=O) groups is 1. The molecule has 0 bridgehead atoms. The molecule has 0 radical (unpaired) electrons. The van der Waals surface area contributed by atoms with Crippen LogP contribution in [0.5, 0.6) is 0 Å². The molecular formula is C21H18N2O. The molecule has 0 atom stereocenters. The second-order valence-electron chi connectivity index (χ2n) is 5.35. The fourth-order valence-corrected chi connectivity index (χ4v) is 2.37. The van der Waals surface area contributed by atoms with Crippen molar-refractivity contribution in [2.24, 2.45) is 4.99 Å². The van der Waals surface area contributed by atoms with Crippen LogP contribution in [-0.2, 0) is 4.79 Å². The summed E-state index contributed by atoms with van der Waals surface area (Å²) < 4.78 is 0. The second-order valence-corrected chi connectivity index (χ2v) is 5.35. The van der Waals surface area contributed by atoms with Gasteiger partial charge in [-0.2, -0.15) is 0 Å². The van der Waals surface area contributed by atoms with Gasteiger partial charge >= 0.3 is 0 Å². The fourth-order valence-electron chi connectivity index (χ4n) is 2.37. The second kappa shape index (κ2) is 7.88. The number of para-hydroxylation sites is 2. The van der Waals surface area contributed by atoms with Crippen LogP contribution in [0.4, 0.5) is 11.4 Å². The van der Waals surface area contributed by atoms with Gasteiger partial charge in [0.2, 0.25) is 5.91 Å². The summed E-state index contributed by atoms with van der Waals surface area (Å²) in [4.78, 5) is 17.1. The predicted molar refractivity (Wildman–Crippen MR) is 98.8 cm³/mol. The molecule has 0 aliphatic carbocycles. The number of aliphatic imine (C=N–C) groups is 1. The normalized spacial score (nSPS) is 11.1. The first-order valence-corrected chi connectivity index (χ1v) is 7.84. The van der Waals surface area contributed by atoms with Gasteiger partial charge in [0.1, 0.15) is 0 Å². The van der Waals surface area contributed by atoms with Gasteiger partial charge in [-0.3, -0.25) is 9.79 Å². The van der Waals surface area contributed by atoms with Gasteiger partial charge in [-0.15, -0.1) is 0 Å². The smallest absolute Gasteiger partial charge is 0.230 e. The van der Waals surface area contributed by atoms with Gasteiger partial charge in [0.25, 0.3) is 0 Å². The number of nitrogens with zero attached hydrogens (tertiary/aromatic N) is 1. The van der Waals surface area contributed by atoms with E-state index in [0.717, 1.165) is 22.6 Å². The van der Waals surface area contributed by atoms with Crippen molar-refractivity contribution in [2.45, 2.75) is 6.42 Å². The van der Waals surface area contributed by atoms with E-state index < -0.39 is 0 Å². The predicted octanol–water partition coefficient (Wildman–Crippen LogP) is 4.84. The van der Waals surface area contributed by atoms with Gasteiger partial charge in [-0.05, 0) is 29.8 Å². The maximum absolute atomic E-state index is 12.4. The van der Waals surface area contributed by atoms with Crippen LogP contribution >= 0.6 is 0 Å². The SMILES string of the molecule is O=C(C/C(=N\c1ccccc1)c1ccccc1)Nc1ccccc1. The Kier molecular flexibility index (Phi) is 5.15. The highest BCUT2D eigenvalue weighted by Gasteiger charge is 2.10.